The highest BCUT2D eigenvalue weighted by atomic mass is 15.0. The van der Waals surface area contributed by atoms with Gasteiger partial charge < -0.3 is 4.90 Å². The van der Waals surface area contributed by atoms with Crippen LogP contribution in [0.3, 0.4) is 0 Å². The first kappa shape index (κ1) is 13.4. The van der Waals surface area contributed by atoms with Crippen molar-refractivity contribution in [1.82, 2.24) is 4.90 Å². The fraction of sp³-hybridized carbons (Fsp3) is 0.368. The van der Waals surface area contributed by atoms with Gasteiger partial charge in [0.15, 0.2) is 0 Å². The van der Waals surface area contributed by atoms with Crippen LogP contribution in [-0.2, 0) is 12.8 Å². The van der Waals surface area contributed by atoms with Crippen molar-refractivity contribution in [2.45, 2.75) is 25.2 Å². The van der Waals surface area contributed by atoms with E-state index in [1.807, 2.05) is 0 Å². The molecule has 0 unspecified atom stereocenters. The van der Waals surface area contributed by atoms with Gasteiger partial charge in [-0.15, -0.1) is 0 Å². The third-order valence-corrected chi connectivity index (χ3v) is 4.39. The van der Waals surface area contributed by atoms with Crippen molar-refractivity contribution in [3.05, 3.63) is 70.8 Å². The molecule has 0 saturated carbocycles. The Morgan fingerprint density at radius 3 is 2.30 bits per heavy atom. The van der Waals surface area contributed by atoms with Crippen molar-refractivity contribution in [3.63, 3.8) is 0 Å². The van der Waals surface area contributed by atoms with Crippen LogP contribution in [0.25, 0.3) is 0 Å². The van der Waals surface area contributed by atoms with Gasteiger partial charge in [-0.05, 0) is 68.1 Å². The van der Waals surface area contributed by atoms with Crippen LogP contribution in [0.2, 0.25) is 0 Å². The third-order valence-electron chi connectivity index (χ3n) is 4.39. The molecule has 0 bridgehead atoms. The molecule has 1 aliphatic rings. The number of fused-ring (bicyclic) bond motifs is 2. The fourth-order valence-corrected chi connectivity index (χ4v) is 3.27. The molecule has 0 radical (unpaired) electrons. The van der Waals surface area contributed by atoms with Crippen LogP contribution >= 0.6 is 0 Å². The molecule has 2 aromatic carbocycles. The highest BCUT2D eigenvalue weighted by Gasteiger charge is 2.21. The summed E-state index contributed by atoms with van der Waals surface area (Å²) in [6.45, 7) is 1.15. The van der Waals surface area contributed by atoms with E-state index in [-0.39, 0.29) is 0 Å². The zero-order valence-corrected chi connectivity index (χ0v) is 12.5. The van der Waals surface area contributed by atoms with E-state index in [2.05, 4.69) is 67.5 Å². The second-order valence-electron chi connectivity index (χ2n) is 6.14. The van der Waals surface area contributed by atoms with Gasteiger partial charge in [0, 0.05) is 0 Å². The molecular formula is C19H23N. The van der Waals surface area contributed by atoms with Crippen LogP contribution < -0.4 is 0 Å². The largest absolute Gasteiger partial charge is 0.309 e. The second-order valence-corrected chi connectivity index (χ2v) is 6.14. The van der Waals surface area contributed by atoms with E-state index in [0.717, 1.165) is 13.0 Å². The minimum Gasteiger partial charge on any atom is -0.309 e. The smallest absolute Gasteiger partial charge is 0.00189 e. The Kier molecular flexibility index (Phi) is 3.88. The lowest BCUT2D eigenvalue weighted by molar-refractivity contribution is 0.380. The maximum atomic E-state index is 2.33. The normalized spacial score (nSPS) is 17.4. The molecule has 0 fully saturated rings. The van der Waals surface area contributed by atoms with Crippen LogP contribution in [0, 0.1) is 0 Å². The quantitative estimate of drug-likeness (QED) is 0.814. The first-order valence-corrected chi connectivity index (χ1v) is 7.53. The molecule has 0 N–H and O–H groups in total. The molecule has 1 aliphatic carbocycles. The van der Waals surface area contributed by atoms with E-state index < -0.39 is 0 Å². The first-order valence-electron chi connectivity index (χ1n) is 7.53. The van der Waals surface area contributed by atoms with Crippen LogP contribution in [0.15, 0.2) is 48.5 Å². The summed E-state index contributed by atoms with van der Waals surface area (Å²) in [5.41, 5.74) is 6.12. The highest BCUT2D eigenvalue weighted by molar-refractivity contribution is 5.42. The standard InChI is InChI=1S/C19H23N/c1-20(2)12-11-18-14-16-8-4-3-7-15(16)13-17-9-5-6-10-19(17)18/h3-10,18H,11-14H2,1-2H3/t18-/m0/s1. The molecule has 0 heterocycles. The van der Waals surface area contributed by atoms with Gasteiger partial charge in [-0.25, -0.2) is 0 Å². The predicted molar refractivity (Wildman–Crippen MR) is 85.3 cm³/mol. The lowest BCUT2D eigenvalue weighted by Crippen LogP contribution is -2.17. The Labute approximate surface area is 122 Å². The average molecular weight is 265 g/mol. The minimum absolute atomic E-state index is 0.650. The molecule has 0 aliphatic heterocycles. The zero-order chi connectivity index (χ0) is 13.9. The van der Waals surface area contributed by atoms with E-state index in [1.54, 1.807) is 5.56 Å². The average Bonchev–Trinajstić information content (AvgIpc) is 2.61. The van der Waals surface area contributed by atoms with Crippen molar-refractivity contribution in [2.24, 2.45) is 0 Å². The Bertz CT molecular complexity index is 586. The summed E-state index contributed by atoms with van der Waals surface area (Å²) < 4.78 is 0. The van der Waals surface area contributed by atoms with Crippen LogP contribution in [0.5, 0.6) is 0 Å². The van der Waals surface area contributed by atoms with Gasteiger partial charge in [0.25, 0.3) is 0 Å². The van der Waals surface area contributed by atoms with Crippen LogP contribution in [0.1, 0.15) is 34.6 Å². The third kappa shape index (κ3) is 2.78. The summed E-state index contributed by atoms with van der Waals surface area (Å²) in [6, 6.07) is 18.0. The lowest BCUT2D eigenvalue weighted by atomic mass is 9.88. The van der Waals surface area contributed by atoms with Gasteiger partial charge in [-0.2, -0.15) is 0 Å². The number of hydrogen-bond acceptors (Lipinski definition) is 1. The number of benzene rings is 2. The monoisotopic (exact) mass is 265 g/mol. The van der Waals surface area contributed by atoms with Gasteiger partial charge in [0.2, 0.25) is 0 Å². The highest BCUT2D eigenvalue weighted by Crippen LogP contribution is 2.33. The SMILES string of the molecule is CN(C)CC[C@H]1Cc2ccccc2Cc2ccccc21. The van der Waals surface area contributed by atoms with Gasteiger partial charge in [0.05, 0.1) is 0 Å². The molecule has 3 rings (SSSR count). The Hall–Kier alpha value is -1.60. The van der Waals surface area contributed by atoms with E-state index in [4.69, 9.17) is 0 Å². The molecule has 1 heteroatoms. The molecule has 20 heavy (non-hydrogen) atoms. The van der Waals surface area contributed by atoms with Crippen molar-refractivity contribution in [2.75, 3.05) is 20.6 Å². The van der Waals surface area contributed by atoms with Crippen molar-refractivity contribution in [1.29, 1.82) is 0 Å². The van der Waals surface area contributed by atoms with E-state index >= 15 is 0 Å². The Morgan fingerprint density at radius 1 is 0.900 bits per heavy atom. The van der Waals surface area contributed by atoms with Gasteiger partial charge in [-0.3, -0.25) is 0 Å². The molecule has 2 aromatic rings. The molecule has 1 nitrogen and oxygen atoms in total. The summed E-state index contributed by atoms with van der Waals surface area (Å²) in [5.74, 6) is 0.650. The zero-order valence-electron chi connectivity index (χ0n) is 12.5. The summed E-state index contributed by atoms with van der Waals surface area (Å²) in [4.78, 5) is 2.29. The Balaban J connectivity index is 1.97. The van der Waals surface area contributed by atoms with Crippen LogP contribution in [0.4, 0.5) is 0 Å². The molecule has 0 saturated heterocycles. The second kappa shape index (κ2) is 5.80. The summed E-state index contributed by atoms with van der Waals surface area (Å²) in [7, 11) is 4.33. The minimum atomic E-state index is 0.650. The van der Waals surface area contributed by atoms with E-state index in [9.17, 15) is 0 Å². The van der Waals surface area contributed by atoms with Crippen molar-refractivity contribution in [3.8, 4) is 0 Å². The Morgan fingerprint density at radius 2 is 1.55 bits per heavy atom. The maximum Gasteiger partial charge on any atom is -0.00189 e. The summed E-state index contributed by atoms with van der Waals surface area (Å²) in [5, 5.41) is 0. The van der Waals surface area contributed by atoms with Crippen LogP contribution in [-0.4, -0.2) is 25.5 Å². The lowest BCUT2D eigenvalue weighted by Gasteiger charge is -2.20. The molecular weight excluding hydrogens is 242 g/mol. The molecule has 0 amide bonds. The summed E-state index contributed by atoms with van der Waals surface area (Å²) in [6.07, 6.45) is 3.50. The number of hydrogen-bond donors (Lipinski definition) is 0. The van der Waals surface area contributed by atoms with Gasteiger partial charge in [0.1, 0.15) is 0 Å². The van der Waals surface area contributed by atoms with E-state index in [0.29, 0.717) is 5.92 Å². The number of nitrogens with zero attached hydrogens (tertiary/aromatic N) is 1. The molecule has 1 atom stereocenters. The summed E-state index contributed by atoms with van der Waals surface area (Å²) >= 11 is 0. The first-order chi connectivity index (χ1) is 9.74. The van der Waals surface area contributed by atoms with E-state index in [1.165, 1.54) is 29.5 Å². The van der Waals surface area contributed by atoms with Crippen molar-refractivity contribution < 1.29 is 0 Å². The number of rotatable bonds is 3. The fourth-order valence-electron chi connectivity index (χ4n) is 3.27. The topological polar surface area (TPSA) is 3.24 Å². The maximum absolute atomic E-state index is 2.33. The predicted octanol–water partition coefficient (Wildman–Crippen LogP) is 3.87. The van der Waals surface area contributed by atoms with Crippen molar-refractivity contribution >= 4 is 0 Å². The molecule has 0 aromatic heterocycles. The molecule has 0 spiro atoms. The van der Waals surface area contributed by atoms with Gasteiger partial charge >= 0.3 is 0 Å². The molecule has 104 valence electrons. The van der Waals surface area contributed by atoms with Gasteiger partial charge in [-0.1, -0.05) is 48.5 Å².